The monoisotopic (exact) mass is 231 g/mol. The fraction of sp³-hybridized carbons (Fsp3) is 0.308. The molecule has 1 aliphatic heterocycles. The number of nitrogens with one attached hydrogen (secondary N) is 1. The maximum Gasteiger partial charge on any atom is 0.248 e. The fourth-order valence-electron chi connectivity index (χ4n) is 2.40. The van der Waals surface area contributed by atoms with Gasteiger partial charge in [-0.1, -0.05) is 0 Å². The van der Waals surface area contributed by atoms with Crippen molar-refractivity contribution in [1.29, 1.82) is 0 Å². The standard InChI is InChI=1S/C13H13NO3/c1-7-12-8(2-3-11(16)14-12)4-9-5-10(6-15)17-13(7)9/h2-4,10,15H,5-6H2,1H3,(H,14,16). The van der Waals surface area contributed by atoms with Crippen molar-refractivity contribution in [2.24, 2.45) is 0 Å². The minimum atomic E-state index is -0.160. The lowest BCUT2D eigenvalue weighted by atomic mass is 10.0. The molecule has 1 aromatic carbocycles. The van der Waals surface area contributed by atoms with E-state index in [4.69, 9.17) is 9.84 Å². The Morgan fingerprint density at radius 1 is 1.53 bits per heavy atom. The average molecular weight is 231 g/mol. The van der Waals surface area contributed by atoms with Crippen molar-refractivity contribution in [3.63, 3.8) is 0 Å². The number of aliphatic hydroxyl groups excluding tert-OH is 1. The fourth-order valence-corrected chi connectivity index (χ4v) is 2.40. The van der Waals surface area contributed by atoms with E-state index in [0.29, 0.717) is 0 Å². The van der Waals surface area contributed by atoms with Gasteiger partial charge < -0.3 is 14.8 Å². The predicted molar refractivity (Wildman–Crippen MR) is 64.5 cm³/mol. The van der Waals surface area contributed by atoms with Gasteiger partial charge in [0.05, 0.1) is 12.1 Å². The molecule has 17 heavy (non-hydrogen) atoms. The van der Waals surface area contributed by atoms with Crippen LogP contribution in [0.4, 0.5) is 0 Å². The van der Waals surface area contributed by atoms with E-state index < -0.39 is 0 Å². The van der Waals surface area contributed by atoms with Gasteiger partial charge in [-0.2, -0.15) is 0 Å². The highest BCUT2D eigenvalue weighted by Crippen LogP contribution is 2.36. The Morgan fingerprint density at radius 3 is 3.12 bits per heavy atom. The maximum atomic E-state index is 11.3. The summed E-state index contributed by atoms with van der Waals surface area (Å²) in [5.41, 5.74) is 2.74. The van der Waals surface area contributed by atoms with Gasteiger partial charge in [0.25, 0.3) is 0 Å². The molecule has 1 atom stereocenters. The Bertz CT molecular complexity index is 645. The summed E-state index contributed by atoms with van der Waals surface area (Å²) in [5.74, 6) is 0.804. The van der Waals surface area contributed by atoms with E-state index in [1.54, 1.807) is 0 Å². The predicted octanol–water partition coefficient (Wildman–Crippen LogP) is 1.13. The second kappa shape index (κ2) is 3.60. The molecule has 0 fully saturated rings. The van der Waals surface area contributed by atoms with Gasteiger partial charge >= 0.3 is 0 Å². The van der Waals surface area contributed by atoms with E-state index in [2.05, 4.69) is 4.98 Å². The van der Waals surface area contributed by atoms with Crippen LogP contribution in [0.5, 0.6) is 5.75 Å². The normalized spacial score (nSPS) is 18.1. The maximum absolute atomic E-state index is 11.3. The van der Waals surface area contributed by atoms with Crippen LogP contribution in [0.3, 0.4) is 0 Å². The summed E-state index contributed by atoms with van der Waals surface area (Å²) in [6.45, 7) is 1.94. The molecule has 4 nitrogen and oxygen atoms in total. The van der Waals surface area contributed by atoms with Crippen LogP contribution in [-0.4, -0.2) is 22.8 Å². The second-order valence-electron chi connectivity index (χ2n) is 4.40. The molecule has 4 heteroatoms. The summed E-state index contributed by atoms with van der Waals surface area (Å²) in [7, 11) is 0. The molecular formula is C13H13NO3. The third kappa shape index (κ3) is 1.52. The molecule has 2 aromatic rings. The van der Waals surface area contributed by atoms with Crippen LogP contribution < -0.4 is 10.3 Å². The first kappa shape index (κ1) is 10.4. The third-order valence-electron chi connectivity index (χ3n) is 3.22. The summed E-state index contributed by atoms with van der Waals surface area (Å²) in [6.07, 6.45) is 0.564. The van der Waals surface area contributed by atoms with Gasteiger partial charge in [-0.25, -0.2) is 0 Å². The zero-order chi connectivity index (χ0) is 12.0. The van der Waals surface area contributed by atoms with Crippen LogP contribution in [-0.2, 0) is 6.42 Å². The molecule has 2 heterocycles. The molecule has 0 aliphatic carbocycles. The molecular weight excluding hydrogens is 218 g/mol. The van der Waals surface area contributed by atoms with E-state index in [1.807, 2.05) is 19.1 Å². The molecule has 1 aromatic heterocycles. The zero-order valence-electron chi connectivity index (χ0n) is 9.49. The van der Waals surface area contributed by atoms with Crippen LogP contribution in [0.15, 0.2) is 23.0 Å². The highest BCUT2D eigenvalue weighted by Gasteiger charge is 2.25. The number of hydrogen-bond donors (Lipinski definition) is 2. The number of aromatic nitrogens is 1. The number of hydrogen-bond acceptors (Lipinski definition) is 3. The Kier molecular flexibility index (Phi) is 2.19. The smallest absolute Gasteiger partial charge is 0.248 e. The first-order chi connectivity index (χ1) is 8.19. The molecule has 0 saturated heterocycles. The Labute approximate surface area is 97.9 Å². The highest BCUT2D eigenvalue weighted by molar-refractivity contribution is 5.85. The Balaban J connectivity index is 2.27. The van der Waals surface area contributed by atoms with E-state index >= 15 is 0 Å². The first-order valence-electron chi connectivity index (χ1n) is 5.62. The molecule has 88 valence electrons. The number of fused-ring (bicyclic) bond motifs is 2. The van der Waals surface area contributed by atoms with Crippen LogP contribution in [0.25, 0.3) is 10.9 Å². The van der Waals surface area contributed by atoms with E-state index in [0.717, 1.165) is 34.2 Å². The molecule has 1 unspecified atom stereocenters. The van der Waals surface area contributed by atoms with Crippen molar-refractivity contribution in [3.8, 4) is 5.75 Å². The number of aliphatic hydroxyl groups is 1. The van der Waals surface area contributed by atoms with E-state index in [-0.39, 0.29) is 18.3 Å². The summed E-state index contributed by atoms with van der Waals surface area (Å²) in [4.78, 5) is 14.1. The van der Waals surface area contributed by atoms with Crippen LogP contribution in [0, 0.1) is 6.92 Å². The summed E-state index contributed by atoms with van der Waals surface area (Å²) >= 11 is 0. The lowest BCUT2D eigenvalue weighted by Crippen LogP contribution is -2.17. The van der Waals surface area contributed by atoms with Crippen molar-refractivity contribution in [2.45, 2.75) is 19.4 Å². The number of H-pyrrole nitrogens is 1. The van der Waals surface area contributed by atoms with E-state index in [1.165, 1.54) is 6.07 Å². The summed E-state index contributed by atoms with van der Waals surface area (Å²) < 4.78 is 5.66. The van der Waals surface area contributed by atoms with Gasteiger partial charge in [-0.3, -0.25) is 4.79 Å². The molecule has 3 rings (SSSR count). The molecule has 0 bridgehead atoms. The van der Waals surface area contributed by atoms with Gasteiger partial charge in [0.2, 0.25) is 5.56 Å². The molecule has 0 saturated carbocycles. The Hall–Kier alpha value is -1.81. The van der Waals surface area contributed by atoms with Crippen molar-refractivity contribution in [1.82, 2.24) is 4.98 Å². The molecule has 0 amide bonds. The van der Waals surface area contributed by atoms with Gasteiger partial charge in [0.15, 0.2) is 0 Å². The topological polar surface area (TPSA) is 62.3 Å². The van der Waals surface area contributed by atoms with Crippen LogP contribution in [0.2, 0.25) is 0 Å². The second-order valence-corrected chi connectivity index (χ2v) is 4.40. The Morgan fingerprint density at radius 2 is 2.35 bits per heavy atom. The van der Waals surface area contributed by atoms with Crippen LogP contribution >= 0.6 is 0 Å². The van der Waals surface area contributed by atoms with Gasteiger partial charge in [0, 0.05) is 18.1 Å². The number of aryl methyl sites for hydroxylation is 1. The van der Waals surface area contributed by atoms with E-state index in [9.17, 15) is 4.79 Å². The van der Waals surface area contributed by atoms with Gasteiger partial charge in [-0.05, 0) is 30.0 Å². The van der Waals surface area contributed by atoms with Crippen molar-refractivity contribution < 1.29 is 9.84 Å². The molecule has 2 N–H and O–H groups in total. The largest absolute Gasteiger partial charge is 0.487 e. The van der Waals surface area contributed by atoms with Gasteiger partial charge in [0.1, 0.15) is 11.9 Å². The van der Waals surface area contributed by atoms with Crippen molar-refractivity contribution in [2.75, 3.05) is 6.61 Å². The molecule has 0 spiro atoms. The van der Waals surface area contributed by atoms with Gasteiger partial charge in [-0.15, -0.1) is 0 Å². The summed E-state index contributed by atoms with van der Waals surface area (Å²) in [6, 6.07) is 5.35. The molecule has 0 radical (unpaired) electrons. The first-order valence-corrected chi connectivity index (χ1v) is 5.62. The lowest BCUT2D eigenvalue weighted by molar-refractivity contribution is 0.134. The average Bonchev–Trinajstić information content (AvgIpc) is 2.74. The third-order valence-corrected chi connectivity index (χ3v) is 3.22. The minimum absolute atomic E-state index is 0.0149. The number of ether oxygens (including phenoxy) is 1. The summed E-state index contributed by atoms with van der Waals surface area (Å²) in [5, 5.41) is 10.1. The quantitative estimate of drug-likeness (QED) is 0.773. The SMILES string of the molecule is Cc1c2c(cc3ccc(=O)[nH]c13)CC(CO)O2. The number of aromatic amines is 1. The zero-order valence-corrected chi connectivity index (χ0v) is 9.49. The number of benzene rings is 1. The number of pyridine rings is 1. The molecule has 1 aliphatic rings. The number of rotatable bonds is 1. The minimum Gasteiger partial charge on any atom is -0.487 e. The van der Waals surface area contributed by atoms with Crippen LogP contribution in [0.1, 0.15) is 11.1 Å². The van der Waals surface area contributed by atoms with Crippen molar-refractivity contribution in [3.05, 3.63) is 39.7 Å². The highest BCUT2D eigenvalue weighted by atomic mass is 16.5. The lowest BCUT2D eigenvalue weighted by Gasteiger charge is -2.09. The van der Waals surface area contributed by atoms with Crippen molar-refractivity contribution >= 4 is 10.9 Å².